The zero-order valence-corrected chi connectivity index (χ0v) is 13.7. The first-order chi connectivity index (χ1) is 11.1. The number of carbonyl (C=O) groups is 2. The number of hydrogen-bond acceptors (Lipinski definition) is 5. The van der Waals surface area contributed by atoms with E-state index in [1.54, 1.807) is 29.8 Å². The smallest absolute Gasteiger partial charge is 0.329 e. The number of hydrogen-bond donors (Lipinski definition) is 1. The van der Waals surface area contributed by atoms with Crippen molar-refractivity contribution in [2.45, 2.75) is 26.5 Å². The van der Waals surface area contributed by atoms with E-state index in [0.717, 1.165) is 5.69 Å². The fourth-order valence-electron chi connectivity index (χ4n) is 2.37. The number of amides is 3. The van der Waals surface area contributed by atoms with Gasteiger partial charge < -0.3 is 10.1 Å². The number of imide groups is 1. The zero-order valence-electron chi connectivity index (χ0n) is 12.9. The summed E-state index contributed by atoms with van der Waals surface area (Å²) in [6.45, 7) is 4.15. The number of nitrogens with one attached hydrogen (secondary N) is 1. The summed E-state index contributed by atoms with van der Waals surface area (Å²) in [5.41, 5.74) is 3.09. The number of anilines is 1. The molecular weight excluding hydrogens is 314 g/mol. The number of carbonyl (C=O) groups excluding carboxylic acids is 2. The van der Waals surface area contributed by atoms with Gasteiger partial charge in [0, 0.05) is 11.4 Å². The van der Waals surface area contributed by atoms with Crippen molar-refractivity contribution < 1.29 is 14.3 Å². The summed E-state index contributed by atoms with van der Waals surface area (Å²) in [5.74, 6) is 0.395. The molecule has 1 saturated heterocycles. The second-order valence-electron chi connectivity index (χ2n) is 5.61. The van der Waals surface area contributed by atoms with Gasteiger partial charge in [0.15, 0.2) is 0 Å². The van der Waals surface area contributed by atoms with Gasteiger partial charge in [-0.05, 0) is 18.1 Å². The molecule has 1 atom stereocenters. The van der Waals surface area contributed by atoms with Gasteiger partial charge in [0.2, 0.25) is 0 Å². The first-order valence-corrected chi connectivity index (χ1v) is 8.25. The second-order valence-corrected chi connectivity index (χ2v) is 6.33. The Morgan fingerprint density at radius 3 is 2.87 bits per heavy atom. The molecule has 0 spiro atoms. The minimum Gasteiger partial charge on any atom is -0.487 e. The quantitative estimate of drug-likeness (QED) is 0.855. The van der Waals surface area contributed by atoms with Gasteiger partial charge in [-0.3, -0.25) is 4.79 Å². The van der Waals surface area contributed by atoms with Crippen LogP contribution >= 0.6 is 11.3 Å². The molecule has 2 heterocycles. The van der Waals surface area contributed by atoms with Crippen LogP contribution in [0.4, 0.5) is 10.5 Å². The van der Waals surface area contributed by atoms with E-state index in [9.17, 15) is 9.59 Å². The maximum atomic E-state index is 12.4. The van der Waals surface area contributed by atoms with E-state index in [1.165, 1.54) is 16.2 Å². The lowest BCUT2D eigenvalue weighted by atomic mass is 10.0. The minimum absolute atomic E-state index is 0.0422. The molecule has 0 bridgehead atoms. The topological polar surface area (TPSA) is 71.5 Å². The summed E-state index contributed by atoms with van der Waals surface area (Å²) in [6, 6.07) is 6.07. The van der Waals surface area contributed by atoms with Crippen LogP contribution < -0.4 is 15.0 Å². The van der Waals surface area contributed by atoms with Crippen molar-refractivity contribution in [3.05, 3.63) is 40.8 Å². The van der Waals surface area contributed by atoms with Crippen LogP contribution in [0, 0.1) is 5.92 Å². The third-order valence-electron chi connectivity index (χ3n) is 3.58. The molecule has 0 aliphatic carbocycles. The predicted octanol–water partition coefficient (Wildman–Crippen LogP) is 2.80. The Bertz CT molecular complexity index is 715. The number of thiazole rings is 1. The van der Waals surface area contributed by atoms with E-state index in [1.807, 2.05) is 19.2 Å². The predicted molar refractivity (Wildman–Crippen MR) is 87.5 cm³/mol. The summed E-state index contributed by atoms with van der Waals surface area (Å²) in [6.07, 6.45) is 0. The molecular formula is C16H17N3O3S. The fraction of sp³-hybridized carbons (Fsp3) is 0.312. The van der Waals surface area contributed by atoms with E-state index in [0.29, 0.717) is 18.0 Å². The molecule has 0 unspecified atom stereocenters. The zero-order chi connectivity index (χ0) is 16.4. The first kappa shape index (κ1) is 15.5. The van der Waals surface area contributed by atoms with E-state index in [4.69, 9.17) is 4.74 Å². The van der Waals surface area contributed by atoms with Gasteiger partial charge in [-0.1, -0.05) is 19.9 Å². The number of nitrogens with zero attached hydrogens (tertiary/aromatic N) is 2. The minimum atomic E-state index is -0.484. The average Bonchev–Trinajstić information content (AvgIpc) is 3.13. The molecule has 1 aromatic carbocycles. The Morgan fingerprint density at radius 1 is 1.39 bits per heavy atom. The van der Waals surface area contributed by atoms with E-state index >= 15 is 0 Å². The molecule has 2 aromatic rings. The van der Waals surface area contributed by atoms with Gasteiger partial charge in [0.05, 0.1) is 16.9 Å². The molecule has 7 heteroatoms. The molecule has 0 radical (unpaired) electrons. The van der Waals surface area contributed by atoms with Crippen LogP contribution in [0.2, 0.25) is 0 Å². The molecule has 1 aliphatic rings. The van der Waals surface area contributed by atoms with Crippen molar-refractivity contribution in [3.8, 4) is 5.75 Å². The maximum Gasteiger partial charge on any atom is 0.329 e. The third kappa shape index (κ3) is 3.19. The van der Waals surface area contributed by atoms with Crippen LogP contribution in [0.15, 0.2) is 35.2 Å². The molecule has 23 heavy (non-hydrogen) atoms. The summed E-state index contributed by atoms with van der Waals surface area (Å²) in [4.78, 5) is 29.8. The highest BCUT2D eigenvalue weighted by molar-refractivity contribution is 7.07. The summed E-state index contributed by atoms with van der Waals surface area (Å²) in [7, 11) is 0. The fourth-order valence-corrected chi connectivity index (χ4v) is 2.92. The van der Waals surface area contributed by atoms with Crippen LogP contribution in [-0.2, 0) is 11.4 Å². The number of ether oxygens (including phenoxy) is 1. The van der Waals surface area contributed by atoms with Crippen LogP contribution in [-0.4, -0.2) is 23.0 Å². The van der Waals surface area contributed by atoms with Gasteiger partial charge in [-0.15, -0.1) is 11.3 Å². The molecule has 3 rings (SSSR count). The van der Waals surface area contributed by atoms with E-state index in [2.05, 4.69) is 10.3 Å². The molecule has 1 aliphatic heterocycles. The first-order valence-electron chi connectivity index (χ1n) is 7.30. The standard InChI is InChI=1S/C16H17N3O3S/c1-10(2)14-15(20)19(16(21)18-14)12-4-3-5-13(6-12)22-7-11-8-23-9-17-11/h3-6,8-10,14H,7H2,1-2H3,(H,18,21)/t14-/m0/s1. The van der Waals surface area contributed by atoms with Crippen LogP contribution in [0.3, 0.4) is 0 Å². The van der Waals surface area contributed by atoms with Crippen molar-refractivity contribution in [1.82, 2.24) is 10.3 Å². The Morgan fingerprint density at radius 2 is 2.22 bits per heavy atom. The largest absolute Gasteiger partial charge is 0.487 e. The van der Waals surface area contributed by atoms with Crippen LogP contribution in [0.1, 0.15) is 19.5 Å². The lowest BCUT2D eigenvalue weighted by molar-refractivity contribution is -0.119. The summed E-state index contributed by atoms with van der Waals surface area (Å²) >= 11 is 1.50. The van der Waals surface area contributed by atoms with Crippen molar-refractivity contribution in [3.63, 3.8) is 0 Å². The van der Waals surface area contributed by atoms with E-state index in [-0.39, 0.29) is 11.8 Å². The van der Waals surface area contributed by atoms with Crippen molar-refractivity contribution in [1.29, 1.82) is 0 Å². The van der Waals surface area contributed by atoms with Crippen molar-refractivity contribution in [2.75, 3.05) is 4.90 Å². The van der Waals surface area contributed by atoms with Gasteiger partial charge in [-0.2, -0.15) is 0 Å². The molecule has 6 nitrogen and oxygen atoms in total. The Kier molecular flexibility index (Phi) is 4.29. The monoisotopic (exact) mass is 331 g/mol. The van der Waals surface area contributed by atoms with Crippen molar-refractivity contribution >= 4 is 29.0 Å². The number of urea groups is 1. The highest BCUT2D eigenvalue weighted by atomic mass is 32.1. The average molecular weight is 331 g/mol. The Labute approximate surface area is 138 Å². The molecule has 1 aromatic heterocycles. The molecule has 120 valence electrons. The number of aromatic nitrogens is 1. The molecule has 3 amide bonds. The SMILES string of the molecule is CC(C)[C@@H]1NC(=O)N(c2cccc(OCc3cscn3)c2)C1=O. The van der Waals surface area contributed by atoms with Crippen LogP contribution in [0.5, 0.6) is 5.75 Å². The maximum absolute atomic E-state index is 12.4. The highest BCUT2D eigenvalue weighted by Crippen LogP contribution is 2.26. The van der Waals surface area contributed by atoms with Crippen LogP contribution in [0.25, 0.3) is 0 Å². The number of benzene rings is 1. The second kappa shape index (κ2) is 6.37. The van der Waals surface area contributed by atoms with E-state index < -0.39 is 12.1 Å². The Balaban J connectivity index is 1.77. The highest BCUT2D eigenvalue weighted by Gasteiger charge is 2.40. The van der Waals surface area contributed by atoms with Gasteiger partial charge >= 0.3 is 6.03 Å². The third-order valence-corrected chi connectivity index (χ3v) is 4.22. The lowest BCUT2D eigenvalue weighted by Gasteiger charge is -2.15. The molecule has 1 fully saturated rings. The molecule has 1 N–H and O–H groups in total. The lowest BCUT2D eigenvalue weighted by Crippen LogP contribution is -2.34. The summed E-state index contributed by atoms with van der Waals surface area (Å²) < 4.78 is 5.67. The van der Waals surface area contributed by atoms with Gasteiger partial charge in [-0.25, -0.2) is 14.7 Å². The summed E-state index contributed by atoms with van der Waals surface area (Å²) in [5, 5.41) is 4.62. The van der Waals surface area contributed by atoms with Gasteiger partial charge in [0.25, 0.3) is 5.91 Å². The Hall–Kier alpha value is -2.41. The normalized spacial score (nSPS) is 17.7. The molecule has 0 saturated carbocycles. The number of rotatable bonds is 5. The van der Waals surface area contributed by atoms with Crippen molar-refractivity contribution in [2.24, 2.45) is 5.92 Å². The van der Waals surface area contributed by atoms with Gasteiger partial charge in [0.1, 0.15) is 18.4 Å².